The third-order valence-corrected chi connectivity index (χ3v) is 2.74. The number of nitrogens with zero attached hydrogens (tertiary/aromatic N) is 2. The molecule has 0 radical (unpaired) electrons. The van der Waals surface area contributed by atoms with E-state index in [1.54, 1.807) is 6.33 Å². The Labute approximate surface area is 111 Å². The van der Waals surface area contributed by atoms with Gasteiger partial charge >= 0.3 is 0 Å². The molecule has 1 rings (SSSR count). The molecule has 0 saturated heterocycles. The van der Waals surface area contributed by atoms with Gasteiger partial charge in [0, 0.05) is 19.2 Å². The Balaban J connectivity index is 2.24. The highest BCUT2D eigenvalue weighted by atomic mass is 15.1. The third kappa shape index (κ3) is 6.42. The highest BCUT2D eigenvalue weighted by molar-refractivity contribution is 5.46. The summed E-state index contributed by atoms with van der Waals surface area (Å²) in [6, 6.07) is 1.97. The van der Waals surface area contributed by atoms with E-state index >= 15 is 0 Å². The Hall–Kier alpha value is -1.32. The van der Waals surface area contributed by atoms with Gasteiger partial charge in [-0.05, 0) is 18.8 Å². The van der Waals surface area contributed by atoms with Crippen molar-refractivity contribution in [3.63, 3.8) is 0 Å². The van der Waals surface area contributed by atoms with E-state index in [0.717, 1.165) is 37.1 Å². The van der Waals surface area contributed by atoms with Crippen LogP contribution in [0.3, 0.4) is 0 Å². The van der Waals surface area contributed by atoms with Gasteiger partial charge < -0.3 is 10.6 Å². The van der Waals surface area contributed by atoms with Crippen LogP contribution in [-0.4, -0.2) is 23.1 Å². The first-order valence-electron chi connectivity index (χ1n) is 7.02. The smallest absolute Gasteiger partial charge is 0.131 e. The van der Waals surface area contributed by atoms with Crippen LogP contribution in [0.15, 0.2) is 12.4 Å². The minimum absolute atomic E-state index is 0.800. The van der Waals surface area contributed by atoms with Gasteiger partial charge in [-0.15, -0.1) is 0 Å². The van der Waals surface area contributed by atoms with Crippen molar-refractivity contribution in [2.75, 3.05) is 23.7 Å². The summed E-state index contributed by atoms with van der Waals surface area (Å²) in [7, 11) is 0. The van der Waals surface area contributed by atoms with Gasteiger partial charge in [-0.3, -0.25) is 0 Å². The Bertz CT molecular complexity index is 325. The second-order valence-corrected chi connectivity index (χ2v) is 5.03. The van der Waals surface area contributed by atoms with E-state index in [1.807, 2.05) is 6.07 Å². The molecule has 1 heterocycles. The first kappa shape index (κ1) is 14.7. The number of aromatic nitrogens is 2. The highest BCUT2D eigenvalue weighted by Gasteiger charge is 1.98. The van der Waals surface area contributed by atoms with Crippen molar-refractivity contribution in [1.29, 1.82) is 0 Å². The third-order valence-electron chi connectivity index (χ3n) is 2.74. The Kier molecular flexibility index (Phi) is 7.14. The molecule has 0 spiro atoms. The number of nitrogens with one attached hydrogen (secondary N) is 2. The van der Waals surface area contributed by atoms with Crippen molar-refractivity contribution in [2.24, 2.45) is 5.92 Å². The molecular formula is C14H26N4. The molecule has 0 aliphatic rings. The van der Waals surface area contributed by atoms with Crippen LogP contribution in [0.5, 0.6) is 0 Å². The molecule has 0 aliphatic carbocycles. The summed E-state index contributed by atoms with van der Waals surface area (Å²) in [6.07, 6.45) is 6.47. The fourth-order valence-electron chi connectivity index (χ4n) is 1.70. The topological polar surface area (TPSA) is 49.8 Å². The molecule has 1 aromatic rings. The molecule has 0 aliphatic heterocycles. The molecule has 4 nitrogen and oxygen atoms in total. The fourth-order valence-corrected chi connectivity index (χ4v) is 1.70. The minimum atomic E-state index is 0.800. The van der Waals surface area contributed by atoms with Gasteiger partial charge in [0.2, 0.25) is 0 Å². The molecule has 102 valence electrons. The Morgan fingerprint density at radius 3 is 2.33 bits per heavy atom. The number of rotatable bonds is 9. The van der Waals surface area contributed by atoms with E-state index < -0.39 is 0 Å². The van der Waals surface area contributed by atoms with Gasteiger partial charge in [0.05, 0.1) is 0 Å². The fraction of sp³-hybridized carbons (Fsp3) is 0.714. The maximum absolute atomic E-state index is 4.22. The number of hydrogen-bond acceptors (Lipinski definition) is 4. The van der Waals surface area contributed by atoms with Crippen molar-refractivity contribution < 1.29 is 0 Å². The van der Waals surface area contributed by atoms with Crippen LogP contribution in [0, 0.1) is 5.92 Å². The van der Waals surface area contributed by atoms with E-state index in [-0.39, 0.29) is 0 Å². The average molecular weight is 250 g/mol. The predicted molar refractivity (Wildman–Crippen MR) is 78.0 cm³/mol. The molecule has 4 heteroatoms. The predicted octanol–water partition coefficient (Wildman–Crippen LogP) is 3.54. The normalized spacial score (nSPS) is 10.7. The van der Waals surface area contributed by atoms with Crippen molar-refractivity contribution in [3.05, 3.63) is 12.4 Å². The molecule has 0 saturated carbocycles. The van der Waals surface area contributed by atoms with Crippen LogP contribution in [0.2, 0.25) is 0 Å². The standard InChI is InChI=1S/C14H26N4/c1-4-8-15-13-10-14(18-11-17-13)16-9-6-5-7-12(2)3/h10-12H,4-9H2,1-3H3,(H2,15,16,17,18). The van der Waals surface area contributed by atoms with Crippen molar-refractivity contribution in [3.8, 4) is 0 Å². The zero-order valence-electron chi connectivity index (χ0n) is 11.9. The maximum Gasteiger partial charge on any atom is 0.131 e. The van der Waals surface area contributed by atoms with Crippen LogP contribution >= 0.6 is 0 Å². The summed E-state index contributed by atoms with van der Waals surface area (Å²) in [5.74, 6) is 2.61. The largest absolute Gasteiger partial charge is 0.370 e. The number of hydrogen-bond donors (Lipinski definition) is 2. The van der Waals surface area contributed by atoms with Gasteiger partial charge in [0.15, 0.2) is 0 Å². The van der Waals surface area contributed by atoms with Gasteiger partial charge in [0.25, 0.3) is 0 Å². The minimum Gasteiger partial charge on any atom is -0.370 e. The van der Waals surface area contributed by atoms with E-state index in [0.29, 0.717) is 0 Å². The zero-order chi connectivity index (χ0) is 13.2. The van der Waals surface area contributed by atoms with Crippen LogP contribution in [0.25, 0.3) is 0 Å². The summed E-state index contributed by atoms with van der Waals surface area (Å²) in [5.41, 5.74) is 0. The van der Waals surface area contributed by atoms with E-state index in [9.17, 15) is 0 Å². The lowest BCUT2D eigenvalue weighted by Gasteiger charge is -2.08. The molecule has 0 bridgehead atoms. The molecule has 1 aromatic heterocycles. The van der Waals surface area contributed by atoms with E-state index in [1.165, 1.54) is 19.3 Å². The highest BCUT2D eigenvalue weighted by Crippen LogP contribution is 2.10. The molecule has 0 aromatic carbocycles. The van der Waals surface area contributed by atoms with Crippen LogP contribution in [0.1, 0.15) is 46.5 Å². The molecule has 0 amide bonds. The summed E-state index contributed by atoms with van der Waals surface area (Å²) >= 11 is 0. The van der Waals surface area contributed by atoms with Gasteiger partial charge in [-0.2, -0.15) is 0 Å². The lowest BCUT2D eigenvalue weighted by molar-refractivity contribution is 0.544. The monoisotopic (exact) mass is 250 g/mol. The second-order valence-electron chi connectivity index (χ2n) is 5.03. The molecule has 2 N–H and O–H groups in total. The van der Waals surface area contributed by atoms with Crippen molar-refractivity contribution >= 4 is 11.6 Å². The number of unbranched alkanes of at least 4 members (excludes halogenated alkanes) is 1. The Morgan fingerprint density at radius 2 is 1.72 bits per heavy atom. The van der Waals surface area contributed by atoms with Crippen molar-refractivity contribution in [2.45, 2.75) is 46.5 Å². The second kappa shape index (κ2) is 8.72. The zero-order valence-corrected chi connectivity index (χ0v) is 11.9. The average Bonchev–Trinajstić information content (AvgIpc) is 2.36. The molecule has 0 atom stereocenters. The summed E-state index contributed by atoms with van der Waals surface area (Å²) in [4.78, 5) is 8.40. The molecule has 0 unspecified atom stereocenters. The number of anilines is 2. The molecule has 0 fully saturated rings. The van der Waals surface area contributed by atoms with Crippen LogP contribution < -0.4 is 10.6 Å². The van der Waals surface area contributed by atoms with Gasteiger partial charge in [0.1, 0.15) is 18.0 Å². The Morgan fingerprint density at radius 1 is 1.06 bits per heavy atom. The molecular weight excluding hydrogens is 224 g/mol. The van der Waals surface area contributed by atoms with Crippen LogP contribution in [0.4, 0.5) is 11.6 Å². The van der Waals surface area contributed by atoms with Gasteiger partial charge in [-0.25, -0.2) is 9.97 Å². The first-order valence-corrected chi connectivity index (χ1v) is 7.02. The van der Waals surface area contributed by atoms with Crippen molar-refractivity contribution in [1.82, 2.24) is 9.97 Å². The van der Waals surface area contributed by atoms with E-state index in [2.05, 4.69) is 41.4 Å². The summed E-state index contributed by atoms with van der Waals surface area (Å²) < 4.78 is 0. The van der Waals surface area contributed by atoms with Gasteiger partial charge in [-0.1, -0.05) is 33.6 Å². The SMILES string of the molecule is CCCNc1cc(NCCCCC(C)C)ncn1. The van der Waals surface area contributed by atoms with E-state index in [4.69, 9.17) is 0 Å². The maximum atomic E-state index is 4.22. The quantitative estimate of drug-likeness (QED) is 0.658. The molecule has 18 heavy (non-hydrogen) atoms. The van der Waals surface area contributed by atoms with Crippen LogP contribution in [-0.2, 0) is 0 Å². The summed E-state index contributed by atoms with van der Waals surface area (Å²) in [6.45, 7) is 8.61. The lowest BCUT2D eigenvalue weighted by Crippen LogP contribution is -2.06. The lowest BCUT2D eigenvalue weighted by atomic mass is 10.1. The first-order chi connectivity index (χ1) is 8.72. The summed E-state index contributed by atoms with van der Waals surface area (Å²) in [5, 5.41) is 6.60.